The molecule has 4 nitrogen and oxygen atoms in total. The van der Waals surface area contributed by atoms with Gasteiger partial charge in [-0.05, 0) is 51.7 Å². The molecule has 112 valence electrons. The average Bonchev–Trinajstić information content (AvgIpc) is 2.96. The van der Waals surface area contributed by atoms with Gasteiger partial charge in [0.1, 0.15) is 0 Å². The summed E-state index contributed by atoms with van der Waals surface area (Å²) < 4.78 is 0. The van der Waals surface area contributed by atoms with Crippen LogP contribution in [0.3, 0.4) is 0 Å². The lowest BCUT2D eigenvalue weighted by atomic mass is 9.97. The van der Waals surface area contributed by atoms with Gasteiger partial charge in [-0.3, -0.25) is 10.2 Å². The van der Waals surface area contributed by atoms with Crippen molar-refractivity contribution in [2.75, 3.05) is 26.7 Å². The maximum atomic E-state index is 5.98. The second kappa shape index (κ2) is 7.02. The van der Waals surface area contributed by atoms with E-state index in [4.69, 9.17) is 5.73 Å². The molecule has 4 heteroatoms. The minimum atomic E-state index is 0.469. The van der Waals surface area contributed by atoms with Gasteiger partial charge in [0.05, 0.1) is 6.17 Å². The molecule has 19 heavy (non-hydrogen) atoms. The molecule has 0 bridgehead atoms. The van der Waals surface area contributed by atoms with Gasteiger partial charge in [-0.25, -0.2) is 0 Å². The third-order valence-electron chi connectivity index (χ3n) is 4.82. The van der Waals surface area contributed by atoms with Crippen LogP contribution >= 0.6 is 0 Å². The van der Waals surface area contributed by atoms with Crippen molar-refractivity contribution in [1.82, 2.24) is 15.5 Å². The zero-order chi connectivity index (χ0) is 13.8. The molecule has 2 aliphatic heterocycles. The Hall–Kier alpha value is -0.160. The van der Waals surface area contributed by atoms with Gasteiger partial charge in [0.25, 0.3) is 0 Å². The largest absolute Gasteiger partial charge is 0.330 e. The molecule has 2 fully saturated rings. The van der Waals surface area contributed by atoms with Crippen LogP contribution in [-0.2, 0) is 0 Å². The van der Waals surface area contributed by atoms with Crippen LogP contribution in [0, 0.1) is 11.8 Å². The van der Waals surface area contributed by atoms with E-state index in [0.29, 0.717) is 24.2 Å². The number of rotatable bonds is 6. The number of hydrogen-bond acceptors (Lipinski definition) is 4. The molecule has 4 atom stereocenters. The molecule has 0 amide bonds. The predicted octanol–water partition coefficient (Wildman–Crippen LogP) is 0.979. The van der Waals surface area contributed by atoms with Crippen molar-refractivity contribution in [3.05, 3.63) is 0 Å². The lowest BCUT2D eigenvalue weighted by molar-refractivity contribution is 0.173. The van der Waals surface area contributed by atoms with E-state index >= 15 is 0 Å². The Morgan fingerprint density at radius 3 is 2.79 bits per heavy atom. The molecule has 2 rings (SSSR count). The fraction of sp³-hybridized carbons (Fsp3) is 1.00. The summed E-state index contributed by atoms with van der Waals surface area (Å²) in [6.07, 6.45) is 5.64. The SMILES string of the molecule is CC(C)C[C@@H]1C[C@@H](CN)C(NC[C@@H]2CCCN2)N1C. The van der Waals surface area contributed by atoms with E-state index in [2.05, 4.69) is 36.4 Å². The summed E-state index contributed by atoms with van der Waals surface area (Å²) in [5.74, 6) is 1.37. The highest BCUT2D eigenvalue weighted by Gasteiger charge is 2.38. The molecule has 2 saturated heterocycles. The van der Waals surface area contributed by atoms with Crippen molar-refractivity contribution in [2.45, 2.75) is 57.8 Å². The molecular weight excluding hydrogens is 236 g/mol. The Morgan fingerprint density at radius 2 is 2.21 bits per heavy atom. The van der Waals surface area contributed by atoms with Gasteiger partial charge in [0.2, 0.25) is 0 Å². The quantitative estimate of drug-likeness (QED) is 0.672. The van der Waals surface area contributed by atoms with Crippen LogP contribution in [0.4, 0.5) is 0 Å². The molecule has 4 N–H and O–H groups in total. The lowest BCUT2D eigenvalue weighted by Gasteiger charge is -2.30. The minimum absolute atomic E-state index is 0.469. The molecule has 0 aromatic carbocycles. The summed E-state index contributed by atoms with van der Waals surface area (Å²) in [4.78, 5) is 2.53. The zero-order valence-electron chi connectivity index (χ0n) is 12.9. The van der Waals surface area contributed by atoms with Crippen molar-refractivity contribution in [3.63, 3.8) is 0 Å². The summed E-state index contributed by atoms with van der Waals surface area (Å²) in [6.45, 7) is 7.70. The lowest BCUT2D eigenvalue weighted by Crippen LogP contribution is -2.50. The molecule has 2 aliphatic rings. The normalized spacial score (nSPS) is 36.5. The molecule has 1 unspecified atom stereocenters. The second-order valence-corrected chi connectivity index (χ2v) is 6.83. The average molecular weight is 268 g/mol. The van der Waals surface area contributed by atoms with Crippen LogP contribution < -0.4 is 16.4 Å². The van der Waals surface area contributed by atoms with Gasteiger partial charge >= 0.3 is 0 Å². The number of nitrogens with zero attached hydrogens (tertiary/aromatic N) is 1. The fourth-order valence-electron chi connectivity index (χ4n) is 3.74. The Labute approximate surface area is 118 Å². The molecular formula is C15H32N4. The molecule has 0 aromatic heterocycles. The van der Waals surface area contributed by atoms with E-state index in [1.807, 2.05) is 0 Å². The van der Waals surface area contributed by atoms with Crippen LogP contribution in [0.2, 0.25) is 0 Å². The highest BCUT2D eigenvalue weighted by atomic mass is 15.3. The van der Waals surface area contributed by atoms with Gasteiger partial charge in [-0.1, -0.05) is 13.8 Å². The van der Waals surface area contributed by atoms with E-state index in [9.17, 15) is 0 Å². The van der Waals surface area contributed by atoms with Crippen LogP contribution in [0.1, 0.15) is 39.5 Å². The first-order chi connectivity index (χ1) is 9.11. The Morgan fingerprint density at radius 1 is 1.42 bits per heavy atom. The number of nitrogens with two attached hydrogens (primary N) is 1. The molecule has 0 aromatic rings. The van der Waals surface area contributed by atoms with Crippen LogP contribution in [0.5, 0.6) is 0 Å². The summed E-state index contributed by atoms with van der Waals surface area (Å²) in [5.41, 5.74) is 5.98. The Kier molecular flexibility index (Phi) is 5.63. The number of likely N-dealkylation sites (tertiary alicyclic amines) is 1. The predicted molar refractivity (Wildman–Crippen MR) is 81.0 cm³/mol. The Bertz CT molecular complexity index is 263. The smallest absolute Gasteiger partial charge is 0.0639 e. The first-order valence-electron chi connectivity index (χ1n) is 8.00. The molecule has 2 heterocycles. The first-order valence-corrected chi connectivity index (χ1v) is 8.00. The maximum absolute atomic E-state index is 5.98. The van der Waals surface area contributed by atoms with E-state index in [0.717, 1.165) is 19.0 Å². The van der Waals surface area contributed by atoms with E-state index < -0.39 is 0 Å². The highest BCUT2D eigenvalue weighted by Crippen LogP contribution is 2.30. The molecule has 0 spiro atoms. The van der Waals surface area contributed by atoms with Gasteiger partial charge < -0.3 is 11.1 Å². The van der Waals surface area contributed by atoms with E-state index in [1.165, 1.54) is 32.2 Å². The highest BCUT2D eigenvalue weighted by molar-refractivity contribution is 4.92. The van der Waals surface area contributed by atoms with Crippen LogP contribution in [0.15, 0.2) is 0 Å². The van der Waals surface area contributed by atoms with Crippen LogP contribution in [-0.4, -0.2) is 49.8 Å². The van der Waals surface area contributed by atoms with Crippen LogP contribution in [0.25, 0.3) is 0 Å². The maximum Gasteiger partial charge on any atom is 0.0639 e. The molecule has 0 saturated carbocycles. The molecule has 0 radical (unpaired) electrons. The topological polar surface area (TPSA) is 53.3 Å². The number of nitrogens with one attached hydrogen (secondary N) is 2. The van der Waals surface area contributed by atoms with Gasteiger partial charge in [0.15, 0.2) is 0 Å². The van der Waals surface area contributed by atoms with Crippen molar-refractivity contribution >= 4 is 0 Å². The summed E-state index contributed by atoms with van der Waals surface area (Å²) >= 11 is 0. The van der Waals surface area contributed by atoms with Gasteiger partial charge in [0, 0.05) is 24.5 Å². The third-order valence-corrected chi connectivity index (χ3v) is 4.82. The van der Waals surface area contributed by atoms with Crippen molar-refractivity contribution in [2.24, 2.45) is 17.6 Å². The Balaban J connectivity index is 1.85. The summed E-state index contributed by atoms with van der Waals surface area (Å²) in [5, 5.41) is 7.32. The number of hydrogen-bond donors (Lipinski definition) is 3. The van der Waals surface area contributed by atoms with E-state index in [1.54, 1.807) is 0 Å². The van der Waals surface area contributed by atoms with E-state index in [-0.39, 0.29) is 0 Å². The zero-order valence-corrected chi connectivity index (χ0v) is 12.9. The monoisotopic (exact) mass is 268 g/mol. The third kappa shape index (κ3) is 3.91. The van der Waals surface area contributed by atoms with Crippen molar-refractivity contribution < 1.29 is 0 Å². The summed E-state index contributed by atoms with van der Waals surface area (Å²) in [7, 11) is 2.27. The minimum Gasteiger partial charge on any atom is -0.330 e. The first kappa shape index (κ1) is 15.2. The van der Waals surface area contributed by atoms with Gasteiger partial charge in [-0.2, -0.15) is 0 Å². The molecule has 0 aliphatic carbocycles. The van der Waals surface area contributed by atoms with Gasteiger partial charge in [-0.15, -0.1) is 0 Å². The van der Waals surface area contributed by atoms with Crippen molar-refractivity contribution in [1.29, 1.82) is 0 Å². The van der Waals surface area contributed by atoms with Crippen molar-refractivity contribution in [3.8, 4) is 0 Å². The summed E-state index contributed by atoms with van der Waals surface area (Å²) in [6, 6.07) is 1.36. The fourth-order valence-corrected chi connectivity index (χ4v) is 3.74. The standard InChI is InChI=1S/C15H32N4/c1-11(2)7-14-8-12(9-16)15(19(14)3)18-10-13-5-4-6-17-13/h11-15,17-18H,4-10,16H2,1-3H3/t12-,13-,14+,15?/m0/s1. The second-order valence-electron chi connectivity index (χ2n) is 6.83.